The van der Waals surface area contributed by atoms with Crippen LogP contribution in [-0.4, -0.2) is 91.4 Å². The van der Waals surface area contributed by atoms with E-state index in [4.69, 9.17) is 14.6 Å². The van der Waals surface area contributed by atoms with E-state index < -0.39 is 32.2 Å². The molecule has 4 amide bonds. The quantitative estimate of drug-likeness (QED) is 0.249. The number of benzene rings is 1. The van der Waals surface area contributed by atoms with Crippen molar-refractivity contribution in [3.8, 4) is 5.75 Å². The van der Waals surface area contributed by atoms with Crippen LogP contribution in [0.15, 0.2) is 18.2 Å². The average molecular weight is 533 g/mol. The number of ether oxygens (including phenoxy) is 2. The van der Waals surface area contributed by atoms with Gasteiger partial charge in [-0.15, -0.1) is 0 Å². The van der Waals surface area contributed by atoms with Crippen molar-refractivity contribution >= 4 is 31.9 Å². The van der Waals surface area contributed by atoms with Crippen LogP contribution in [0.25, 0.3) is 0 Å². The van der Waals surface area contributed by atoms with Gasteiger partial charge in [0.2, 0.25) is 5.91 Å². The number of fused-ring (bicyclic) bond motifs is 1. The molecule has 3 aliphatic heterocycles. The molecule has 0 aromatic heterocycles. The molecule has 37 heavy (non-hydrogen) atoms. The van der Waals surface area contributed by atoms with Crippen molar-refractivity contribution in [3.05, 3.63) is 29.3 Å². The Labute approximate surface area is 217 Å². The molecule has 4 rings (SSSR count). The number of nitrogens with zero attached hydrogens (tertiary/aromatic N) is 2. The van der Waals surface area contributed by atoms with E-state index in [1.165, 1.54) is 4.90 Å². The normalized spacial score (nSPS) is 24.3. The van der Waals surface area contributed by atoms with E-state index in [0.29, 0.717) is 37.4 Å². The maximum atomic E-state index is 13.2. The lowest BCUT2D eigenvalue weighted by Gasteiger charge is -2.35. The van der Waals surface area contributed by atoms with Gasteiger partial charge in [0.1, 0.15) is 24.6 Å². The summed E-state index contributed by atoms with van der Waals surface area (Å²) in [6.45, 7) is 8.51. The van der Waals surface area contributed by atoms with Crippen LogP contribution >= 0.6 is 0 Å². The molecule has 1 unspecified atom stereocenters. The van der Waals surface area contributed by atoms with Gasteiger partial charge in [0, 0.05) is 39.8 Å². The van der Waals surface area contributed by atoms with Gasteiger partial charge in [-0.3, -0.25) is 19.3 Å². The van der Waals surface area contributed by atoms with E-state index in [0.717, 1.165) is 16.5 Å². The molecule has 0 radical (unpaired) electrons. The number of rotatable bonds is 9. The van der Waals surface area contributed by atoms with E-state index in [1.54, 1.807) is 18.2 Å². The molecule has 1 aromatic carbocycles. The molecule has 1 aromatic rings. The Kier molecular flexibility index (Phi) is 8.19. The molecular formula is C25H36N4O7Si. The number of carbonyl (C=O) groups is 4. The molecule has 0 bridgehead atoms. The molecule has 11 nitrogen and oxygen atoms in total. The first-order valence-corrected chi connectivity index (χ1v) is 16.5. The SMILES string of the molecule is C[Si](C)(C)CCOCN1C(=O)CCC(N2Cc3cc(O[C@H]4CNCC[C@@H]4NC(=O)O)ccc3C2=O)C1=O. The summed E-state index contributed by atoms with van der Waals surface area (Å²) < 4.78 is 11.8. The molecular weight excluding hydrogens is 496 g/mol. The Morgan fingerprint density at radius 2 is 2.00 bits per heavy atom. The number of carboxylic acid groups (broad SMARTS) is 1. The molecule has 2 fully saturated rings. The van der Waals surface area contributed by atoms with Gasteiger partial charge in [0.25, 0.3) is 11.8 Å². The van der Waals surface area contributed by atoms with Crippen molar-refractivity contribution in [2.24, 2.45) is 0 Å². The van der Waals surface area contributed by atoms with Gasteiger partial charge in [0.05, 0.1) is 6.04 Å². The second-order valence-electron chi connectivity index (χ2n) is 11.0. The predicted octanol–water partition coefficient (Wildman–Crippen LogP) is 1.85. The molecule has 0 spiro atoms. The minimum atomic E-state index is -1.30. The maximum Gasteiger partial charge on any atom is 0.405 e. The molecule has 0 saturated carbocycles. The van der Waals surface area contributed by atoms with Gasteiger partial charge >= 0.3 is 6.09 Å². The summed E-state index contributed by atoms with van der Waals surface area (Å²) in [5, 5.41) is 14.8. The highest BCUT2D eigenvalue weighted by Crippen LogP contribution is 2.32. The van der Waals surface area contributed by atoms with Crippen LogP contribution in [0.3, 0.4) is 0 Å². The summed E-state index contributed by atoms with van der Waals surface area (Å²) in [6, 6.07) is 5.00. The maximum absolute atomic E-state index is 13.2. The summed E-state index contributed by atoms with van der Waals surface area (Å²) >= 11 is 0. The van der Waals surface area contributed by atoms with E-state index >= 15 is 0 Å². The zero-order valence-corrected chi connectivity index (χ0v) is 22.6. The second kappa shape index (κ2) is 11.2. The monoisotopic (exact) mass is 532 g/mol. The van der Waals surface area contributed by atoms with Crippen molar-refractivity contribution in [2.45, 2.75) is 69.7 Å². The molecule has 3 N–H and O–H groups in total. The number of hydrogen-bond donors (Lipinski definition) is 3. The summed E-state index contributed by atoms with van der Waals surface area (Å²) in [5.74, 6) is -0.405. The zero-order chi connectivity index (χ0) is 26.7. The fourth-order valence-corrected chi connectivity index (χ4v) is 5.63. The highest BCUT2D eigenvalue weighted by molar-refractivity contribution is 6.76. The number of nitrogens with one attached hydrogen (secondary N) is 2. The first-order chi connectivity index (χ1) is 17.5. The van der Waals surface area contributed by atoms with Gasteiger partial charge in [-0.05, 0) is 49.2 Å². The van der Waals surface area contributed by atoms with Crippen molar-refractivity contribution in [2.75, 3.05) is 26.4 Å². The Morgan fingerprint density at radius 3 is 2.73 bits per heavy atom. The summed E-state index contributed by atoms with van der Waals surface area (Å²) in [7, 11) is -1.30. The molecule has 2 saturated heterocycles. The summed E-state index contributed by atoms with van der Waals surface area (Å²) in [4.78, 5) is 52.7. The average Bonchev–Trinajstić information content (AvgIpc) is 3.14. The number of hydrogen-bond acceptors (Lipinski definition) is 7. The lowest BCUT2D eigenvalue weighted by atomic mass is 10.0. The van der Waals surface area contributed by atoms with Gasteiger partial charge in [-0.1, -0.05) is 19.6 Å². The van der Waals surface area contributed by atoms with Gasteiger partial charge in [-0.25, -0.2) is 4.79 Å². The number of imide groups is 1. The van der Waals surface area contributed by atoms with Gasteiger partial charge in [-0.2, -0.15) is 0 Å². The molecule has 12 heteroatoms. The van der Waals surface area contributed by atoms with Crippen LogP contribution in [0.4, 0.5) is 4.79 Å². The van der Waals surface area contributed by atoms with Crippen molar-refractivity contribution in [3.63, 3.8) is 0 Å². The minimum Gasteiger partial charge on any atom is -0.487 e. The Balaban J connectivity index is 1.41. The standard InChI is InChI=1S/C25H36N4O7Si/c1-37(2,3)11-10-35-15-29-22(30)7-6-20(24(29)32)28-14-16-12-17(4-5-18(16)23(28)31)36-21-13-26-9-8-19(21)27-25(33)34/h4-5,12,19-21,26-27H,6-11,13-15H2,1-3H3,(H,33,34)/t19-,20?,21-/m0/s1. The molecule has 3 aliphatic rings. The topological polar surface area (TPSA) is 138 Å². The van der Waals surface area contributed by atoms with Crippen LogP contribution in [0.5, 0.6) is 5.75 Å². The molecule has 3 heterocycles. The number of likely N-dealkylation sites (tertiary alicyclic amines) is 1. The van der Waals surface area contributed by atoms with E-state index in [2.05, 4.69) is 30.3 Å². The van der Waals surface area contributed by atoms with E-state index in [1.807, 2.05) is 0 Å². The largest absolute Gasteiger partial charge is 0.487 e. The van der Waals surface area contributed by atoms with Crippen molar-refractivity contribution < 1.29 is 33.8 Å². The van der Waals surface area contributed by atoms with Crippen molar-refractivity contribution in [1.82, 2.24) is 20.4 Å². The van der Waals surface area contributed by atoms with Crippen LogP contribution < -0.4 is 15.4 Å². The van der Waals surface area contributed by atoms with Crippen LogP contribution in [-0.2, 0) is 20.9 Å². The smallest absolute Gasteiger partial charge is 0.405 e. The number of amides is 4. The van der Waals surface area contributed by atoms with Gasteiger partial charge < -0.3 is 30.1 Å². The Hall–Kier alpha value is -2.96. The fraction of sp³-hybridized carbons (Fsp3) is 0.600. The zero-order valence-electron chi connectivity index (χ0n) is 21.6. The lowest BCUT2D eigenvalue weighted by molar-refractivity contribution is -0.158. The predicted molar refractivity (Wildman–Crippen MR) is 137 cm³/mol. The third kappa shape index (κ3) is 6.49. The second-order valence-corrected chi connectivity index (χ2v) is 16.6. The van der Waals surface area contributed by atoms with E-state index in [9.17, 15) is 19.2 Å². The molecule has 0 aliphatic carbocycles. The first kappa shape index (κ1) is 27.1. The highest BCUT2D eigenvalue weighted by atomic mass is 28.3. The molecule has 3 atom stereocenters. The number of piperidine rings is 2. The Bertz CT molecular complexity index is 1060. The third-order valence-electron chi connectivity index (χ3n) is 7.01. The lowest BCUT2D eigenvalue weighted by Crippen LogP contribution is -2.55. The summed E-state index contributed by atoms with van der Waals surface area (Å²) in [6.07, 6.45) is -0.426. The van der Waals surface area contributed by atoms with Crippen LogP contribution in [0.1, 0.15) is 35.2 Å². The van der Waals surface area contributed by atoms with Crippen molar-refractivity contribution in [1.29, 1.82) is 0 Å². The fourth-order valence-electron chi connectivity index (χ4n) is 4.88. The summed E-state index contributed by atoms with van der Waals surface area (Å²) in [5.41, 5.74) is 1.23. The minimum absolute atomic E-state index is 0.0907. The van der Waals surface area contributed by atoms with Crippen LogP contribution in [0.2, 0.25) is 25.7 Å². The van der Waals surface area contributed by atoms with E-state index in [-0.39, 0.29) is 44.0 Å². The highest BCUT2D eigenvalue weighted by Gasteiger charge is 2.43. The van der Waals surface area contributed by atoms with Crippen LogP contribution in [0, 0.1) is 0 Å². The number of carbonyl (C=O) groups excluding carboxylic acids is 3. The third-order valence-corrected chi connectivity index (χ3v) is 8.71. The Morgan fingerprint density at radius 1 is 1.22 bits per heavy atom. The van der Waals surface area contributed by atoms with Gasteiger partial charge in [0.15, 0.2) is 0 Å². The molecule has 202 valence electrons. The first-order valence-electron chi connectivity index (χ1n) is 12.8.